The van der Waals surface area contributed by atoms with Gasteiger partial charge < -0.3 is 10.2 Å². The van der Waals surface area contributed by atoms with E-state index in [0.29, 0.717) is 19.3 Å². The second-order valence-electron chi connectivity index (χ2n) is 9.75. The minimum atomic E-state index is -1.92. The quantitative estimate of drug-likeness (QED) is 0.735. The molecule has 3 fully saturated rings. The zero-order valence-electron chi connectivity index (χ0n) is 16.5. The fraction of sp³-hybridized carbons (Fsp3) is 0.727. The summed E-state index contributed by atoms with van der Waals surface area (Å²) in [6.07, 6.45) is 4.68. The molecule has 0 spiro atoms. The highest BCUT2D eigenvalue weighted by atomic mass is 19.1. The Kier molecular flexibility index (Phi) is 3.79. The number of fused-ring (bicyclic) bond motifs is 5. The summed E-state index contributed by atoms with van der Waals surface area (Å²) in [5, 5.41) is 22.3. The van der Waals surface area contributed by atoms with Crippen molar-refractivity contribution < 1.29 is 25.6 Å². The number of aliphatic hydroxyl groups excluding tert-OH is 1. The van der Waals surface area contributed by atoms with Crippen LogP contribution >= 0.6 is 0 Å². The van der Waals surface area contributed by atoms with Crippen molar-refractivity contribution in [2.75, 3.05) is 0 Å². The zero-order chi connectivity index (χ0) is 20.0. The normalized spacial score (nSPS) is 54.0. The van der Waals surface area contributed by atoms with Crippen molar-refractivity contribution >= 4 is 11.6 Å². The Bertz CT molecular complexity index is 793. The van der Waals surface area contributed by atoms with Gasteiger partial charge in [-0.05, 0) is 63.5 Å². The molecule has 0 aliphatic heterocycles. The van der Waals surface area contributed by atoms with Gasteiger partial charge in [-0.3, -0.25) is 9.59 Å². The van der Waals surface area contributed by atoms with E-state index >= 15 is 4.39 Å². The molecule has 4 aliphatic rings. The number of Topliss-reactive ketones (excluding diaryl/α,β-unsaturated/α-hetero) is 1. The van der Waals surface area contributed by atoms with E-state index in [-0.39, 0.29) is 31.2 Å². The third kappa shape index (κ3) is 2.00. The molecule has 150 valence electrons. The maximum Gasteiger partial charge on any atom is 0.178 e. The number of carbonyl (C=O) groups excluding carboxylic acids is 2. The monoisotopic (exact) mass is 378 g/mol. The van der Waals surface area contributed by atoms with Crippen LogP contribution < -0.4 is 0 Å². The summed E-state index contributed by atoms with van der Waals surface area (Å²) in [7, 11) is 0. The number of rotatable bonds is 1. The van der Waals surface area contributed by atoms with Crippen LogP contribution in [0.2, 0.25) is 0 Å². The van der Waals surface area contributed by atoms with Gasteiger partial charge in [0.1, 0.15) is 5.60 Å². The van der Waals surface area contributed by atoms with Crippen molar-refractivity contribution in [3.8, 4) is 0 Å². The van der Waals surface area contributed by atoms with E-state index in [1.165, 1.54) is 19.1 Å². The predicted octanol–water partition coefficient (Wildman–Crippen LogP) is 3.17. The molecule has 0 saturated heterocycles. The van der Waals surface area contributed by atoms with Crippen molar-refractivity contribution in [3.05, 3.63) is 23.8 Å². The van der Waals surface area contributed by atoms with Gasteiger partial charge in [-0.2, -0.15) is 0 Å². The number of allylic oxidation sites excluding steroid dienone is 4. The molecule has 5 heteroatoms. The topological polar surface area (TPSA) is 74.6 Å². The average molecular weight is 378 g/mol. The Morgan fingerprint density at radius 2 is 2.00 bits per heavy atom. The Morgan fingerprint density at radius 1 is 1.33 bits per heavy atom. The summed E-state index contributed by atoms with van der Waals surface area (Å²) in [6, 6.07) is 0. The van der Waals surface area contributed by atoms with E-state index in [9.17, 15) is 19.8 Å². The van der Waals surface area contributed by atoms with E-state index < -0.39 is 34.1 Å². The lowest BCUT2D eigenvalue weighted by Crippen LogP contribution is -2.69. The molecular formula is C22H31FO4. The van der Waals surface area contributed by atoms with Crippen molar-refractivity contribution in [3.63, 3.8) is 0 Å². The summed E-state index contributed by atoms with van der Waals surface area (Å²) < 4.78 is 16.9. The van der Waals surface area contributed by atoms with Crippen molar-refractivity contribution in [2.45, 2.75) is 70.8 Å². The summed E-state index contributed by atoms with van der Waals surface area (Å²) in [5.74, 6) is -1.11. The third-order valence-corrected chi connectivity index (χ3v) is 8.70. The Morgan fingerprint density at radius 3 is 2.63 bits per heavy atom. The van der Waals surface area contributed by atoms with Crippen LogP contribution in [0.5, 0.6) is 0 Å². The number of ketones is 2. The molecule has 4 nitrogen and oxygen atoms in total. The highest BCUT2D eigenvalue weighted by Gasteiger charge is 2.74. The zero-order valence-corrected chi connectivity index (χ0v) is 16.5. The first kappa shape index (κ1) is 19.0. The molecule has 0 aromatic carbocycles. The lowest BCUT2D eigenvalue weighted by molar-refractivity contribution is -0.219. The number of aliphatic hydroxyl groups is 2. The van der Waals surface area contributed by atoms with Crippen LogP contribution in [0, 0.1) is 28.6 Å². The maximum atomic E-state index is 16.9. The summed E-state index contributed by atoms with van der Waals surface area (Å²) >= 11 is 0. The average Bonchev–Trinajstić information content (AvgIpc) is 2.85. The molecule has 2 N–H and O–H groups in total. The molecule has 4 rings (SSSR count). The molecule has 0 aromatic heterocycles. The molecule has 4 aliphatic carbocycles. The highest BCUT2D eigenvalue weighted by molar-refractivity contribution is 6.01. The van der Waals surface area contributed by atoms with Gasteiger partial charge in [-0.25, -0.2) is 4.39 Å². The molecule has 3 saturated carbocycles. The first-order valence-corrected chi connectivity index (χ1v) is 9.97. The standard InChI is InChI=1S/C22H29FO4.H2/c1-12-9-17-15-6-8-21(27,13(2)24)20(15,4)11-18(26)22(17,23)19(3)7-5-14(25)10-16(12)19;/h5,7,10,12,15,17-18,26-27H,6,8-9,11H2,1-4H3;1H/t12-,15+,17-,18+,19+,20-,21+,22+;/m1./s1. The van der Waals surface area contributed by atoms with Crippen LogP contribution in [0.25, 0.3) is 0 Å². The van der Waals surface area contributed by atoms with Gasteiger partial charge in [-0.15, -0.1) is 0 Å². The van der Waals surface area contributed by atoms with Crippen molar-refractivity contribution in [2.24, 2.45) is 28.6 Å². The van der Waals surface area contributed by atoms with Crippen molar-refractivity contribution in [1.82, 2.24) is 0 Å². The van der Waals surface area contributed by atoms with Gasteiger partial charge in [0.25, 0.3) is 0 Å². The van der Waals surface area contributed by atoms with Gasteiger partial charge in [-0.1, -0.05) is 25.5 Å². The largest absolute Gasteiger partial charge is 0.390 e. The molecule has 27 heavy (non-hydrogen) atoms. The smallest absolute Gasteiger partial charge is 0.178 e. The van der Waals surface area contributed by atoms with Crippen LogP contribution in [0.4, 0.5) is 4.39 Å². The van der Waals surface area contributed by atoms with Crippen LogP contribution in [-0.4, -0.2) is 39.2 Å². The molecule has 0 bridgehead atoms. The number of alkyl halides is 1. The SMILES string of the molecule is CC(=O)[C@@]1(O)CC[C@H]2[C@H]3C[C@@H](C)C4=CC(=O)C=C[C@]4(C)[C@@]3(F)[C@@H](O)C[C@]21C.[HH]. The van der Waals surface area contributed by atoms with E-state index in [1.54, 1.807) is 13.0 Å². The summed E-state index contributed by atoms with van der Waals surface area (Å²) in [4.78, 5) is 24.2. The lowest BCUT2D eigenvalue weighted by Gasteiger charge is -2.63. The Balaban J connectivity index is 0.00000225. The number of carbonyl (C=O) groups is 2. The van der Waals surface area contributed by atoms with Gasteiger partial charge >= 0.3 is 0 Å². The van der Waals surface area contributed by atoms with E-state index in [2.05, 4.69) is 0 Å². The maximum absolute atomic E-state index is 16.9. The third-order valence-electron chi connectivity index (χ3n) is 8.70. The van der Waals surface area contributed by atoms with Gasteiger partial charge in [0, 0.05) is 18.2 Å². The second kappa shape index (κ2) is 5.38. The fourth-order valence-electron chi connectivity index (χ4n) is 7.18. The minimum absolute atomic E-state index is 0. The molecule has 0 heterocycles. The molecular weight excluding hydrogens is 347 g/mol. The molecule has 0 aromatic rings. The summed E-state index contributed by atoms with van der Waals surface area (Å²) in [5.41, 5.74) is -4.59. The number of hydrogen-bond donors (Lipinski definition) is 2. The van der Waals surface area contributed by atoms with Crippen LogP contribution in [0.3, 0.4) is 0 Å². The molecule has 0 radical (unpaired) electrons. The van der Waals surface area contributed by atoms with Crippen LogP contribution in [0.1, 0.15) is 54.8 Å². The second-order valence-corrected chi connectivity index (χ2v) is 9.75. The molecule has 0 amide bonds. The van der Waals surface area contributed by atoms with Gasteiger partial charge in [0.15, 0.2) is 17.2 Å². The summed E-state index contributed by atoms with van der Waals surface area (Å²) in [6.45, 7) is 7.01. The molecule has 8 atom stereocenters. The van der Waals surface area contributed by atoms with Gasteiger partial charge in [0.2, 0.25) is 0 Å². The first-order chi connectivity index (χ1) is 12.4. The minimum Gasteiger partial charge on any atom is -0.390 e. The molecule has 0 unspecified atom stereocenters. The van der Waals surface area contributed by atoms with Crippen LogP contribution in [0.15, 0.2) is 23.8 Å². The fourth-order valence-corrected chi connectivity index (χ4v) is 7.18. The van der Waals surface area contributed by atoms with E-state index in [4.69, 9.17) is 0 Å². The van der Waals surface area contributed by atoms with E-state index in [0.717, 1.165) is 5.57 Å². The van der Waals surface area contributed by atoms with Crippen molar-refractivity contribution in [1.29, 1.82) is 0 Å². The lowest BCUT2D eigenvalue weighted by atomic mass is 9.43. The predicted molar refractivity (Wildman–Crippen MR) is 101 cm³/mol. The van der Waals surface area contributed by atoms with Crippen LogP contribution in [-0.2, 0) is 9.59 Å². The number of halogens is 1. The highest BCUT2D eigenvalue weighted by Crippen LogP contribution is 2.70. The first-order valence-electron chi connectivity index (χ1n) is 9.97. The Labute approximate surface area is 161 Å². The number of hydrogen-bond acceptors (Lipinski definition) is 4. The Hall–Kier alpha value is -1.33. The van der Waals surface area contributed by atoms with E-state index in [1.807, 2.05) is 13.8 Å². The van der Waals surface area contributed by atoms with Gasteiger partial charge in [0.05, 0.1) is 6.10 Å².